The molecule has 1 fully saturated rings. The molecule has 1 atom stereocenters. The van der Waals surface area contributed by atoms with Gasteiger partial charge in [0.2, 0.25) is 11.9 Å². The quantitative estimate of drug-likeness (QED) is 0.702. The summed E-state index contributed by atoms with van der Waals surface area (Å²) in [5.41, 5.74) is 2.37. The third-order valence-electron chi connectivity index (χ3n) is 5.80. The van der Waals surface area contributed by atoms with Crippen molar-refractivity contribution in [3.05, 3.63) is 29.8 Å². The predicted octanol–water partition coefficient (Wildman–Crippen LogP) is 1.27. The largest absolute Gasteiger partial charge is 0.397 e. The molecule has 8 nitrogen and oxygen atoms in total. The number of hydrogen-bond acceptors (Lipinski definition) is 5. The number of likely N-dealkylation sites (N-methyl/N-ethyl adjacent to an activating group) is 1. The first-order valence-electron chi connectivity index (χ1n) is 10.4. The second-order valence-corrected chi connectivity index (χ2v) is 7.70. The molecule has 0 bridgehead atoms. The fourth-order valence-corrected chi connectivity index (χ4v) is 4.16. The van der Waals surface area contributed by atoms with Gasteiger partial charge in [0.1, 0.15) is 12.2 Å². The van der Waals surface area contributed by atoms with Crippen molar-refractivity contribution in [2.45, 2.75) is 38.6 Å². The lowest BCUT2D eigenvalue weighted by Crippen LogP contribution is -2.62. The highest BCUT2D eigenvalue weighted by molar-refractivity contribution is 6.24. The Hall–Kier alpha value is -2.74. The number of anilines is 1. The van der Waals surface area contributed by atoms with Gasteiger partial charge in [-0.05, 0) is 37.0 Å². The summed E-state index contributed by atoms with van der Waals surface area (Å²) in [5, 5.41) is 9.09. The van der Waals surface area contributed by atoms with Gasteiger partial charge in [-0.3, -0.25) is 14.6 Å². The zero-order valence-corrected chi connectivity index (χ0v) is 17.0. The molecular weight excluding hydrogens is 370 g/mol. The Morgan fingerprint density at radius 2 is 1.97 bits per heavy atom. The lowest BCUT2D eigenvalue weighted by molar-refractivity contribution is -0.525. The second kappa shape index (κ2) is 7.94. The minimum atomic E-state index is -0.569. The summed E-state index contributed by atoms with van der Waals surface area (Å²) >= 11 is 0. The van der Waals surface area contributed by atoms with E-state index in [2.05, 4.69) is 36.1 Å². The molecule has 8 heteroatoms. The van der Waals surface area contributed by atoms with Crippen LogP contribution in [0.2, 0.25) is 0 Å². The van der Waals surface area contributed by atoms with Gasteiger partial charge in [-0.15, -0.1) is 0 Å². The molecule has 3 aliphatic heterocycles. The van der Waals surface area contributed by atoms with Gasteiger partial charge in [0.15, 0.2) is 0 Å². The number of unbranched alkanes of at least 4 members (excludes halogenated alkanes) is 1. The Balaban J connectivity index is 1.59. The van der Waals surface area contributed by atoms with Crippen LogP contribution >= 0.6 is 0 Å². The second-order valence-electron chi connectivity index (χ2n) is 7.70. The predicted molar refractivity (Wildman–Crippen MR) is 110 cm³/mol. The van der Waals surface area contributed by atoms with E-state index in [-0.39, 0.29) is 25.1 Å². The number of aryl methyl sites for hydroxylation is 1. The molecule has 1 N–H and O–H groups in total. The third-order valence-corrected chi connectivity index (χ3v) is 5.80. The summed E-state index contributed by atoms with van der Waals surface area (Å²) in [4.78, 5) is 35.1. The number of guanidine groups is 1. The third kappa shape index (κ3) is 3.31. The van der Waals surface area contributed by atoms with E-state index in [9.17, 15) is 9.59 Å². The number of aliphatic hydroxyl groups excluding tert-OH is 1. The molecule has 0 aromatic heterocycles. The lowest BCUT2D eigenvalue weighted by Gasteiger charge is -2.33. The van der Waals surface area contributed by atoms with Gasteiger partial charge >= 0.3 is 12.0 Å². The molecule has 0 saturated carbocycles. The lowest BCUT2D eigenvalue weighted by atomic mass is 10.1. The van der Waals surface area contributed by atoms with E-state index in [1.807, 2.05) is 4.58 Å². The van der Waals surface area contributed by atoms with Crippen LogP contribution < -0.4 is 4.90 Å². The molecule has 0 radical (unpaired) electrons. The smallest absolute Gasteiger partial charge is 0.396 e. The molecule has 1 unspecified atom stereocenters. The number of rotatable bonds is 7. The minimum Gasteiger partial charge on any atom is -0.396 e. The van der Waals surface area contributed by atoms with Crippen LogP contribution in [0.3, 0.4) is 0 Å². The van der Waals surface area contributed by atoms with Crippen molar-refractivity contribution in [2.75, 3.05) is 38.2 Å². The van der Waals surface area contributed by atoms with Crippen molar-refractivity contribution in [1.29, 1.82) is 0 Å². The highest BCUT2D eigenvalue weighted by Gasteiger charge is 2.55. The highest BCUT2D eigenvalue weighted by atomic mass is 16.3. The van der Waals surface area contributed by atoms with Crippen LogP contribution in [0.25, 0.3) is 0 Å². The number of hydrogen-bond donors (Lipinski definition) is 1. The molecule has 4 rings (SSSR count). The maximum absolute atomic E-state index is 13.0. The number of carbonyl (C=O) groups is 2. The summed E-state index contributed by atoms with van der Waals surface area (Å²) in [6.45, 7) is 3.77. The first-order chi connectivity index (χ1) is 14.1. The van der Waals surface area contributed by atoms with Gasteiger partial charge in [-0.2, -0.15) is 0 Å². The minimum absolute atomic E-state index is 0.0600. The highest BCUT2D eigenvalue weighted by Crippen LogP contribution is 2.27. The summed E-state index contributed by atoms with van der Waals surface area (Å²) in [5.74, 6) is 0.954. The number of aliphatic hydroxyl groups is 1. The molecule has 154 valence electrons. The van der Waals surface area contributed by atoms with E-state index in [0.29, 0.717) is 18.8 Å². The number of urea groups is 1. The van der Waals surface area contributed by atoms with Gasteiger partial charge in [0.05, 0.1) is 6.54 Å². The van der Waals surface area contributed by atoms with Gasteiger partial charge in [0, 0.05) is 20.2 Å². The molecule has 29 heavy (non-hydrogen) atoms. The molecule has 0 aliphatic carbocycles. The van der Waals surface area contributed by atoms with Crippen LogP contribution in [0.4, 0.5) is 10.5 Å². The van der Waals surface area contributed by atoms with Crippen LogP contribution in [0.5, 0.6) is 0 Å². The molecule has 1 saturated heterocycles. The Morgan fingerprint density at radius 1 is 1.21 bits per heavy atom. The molecule has 1 aromatic rings. The van der Waals surface area contributed by atoms with E-state index < -0.39 is 6.04 Å². The van der Waals surface area contributed by atoms with E-state index in [1.54, 1.807) is 7.05 Å². The summed E-state index contributed by atoms with van der Waals surface area (Å²) < 4.78 is 1.98. The van der Waals surface area contributed by atoms with Gasteiger partial charge in [0.25, 0.3) is 5.91 Å². The molecule has 3 heterocycles. The maximum Gasteiger partial charge on any atom is 0.397 e. The van der Waals surface area contributed by atoms with Crippen molar-refractivity contribution in [2.24, 2.45) is 4.99 Å². The fraction of sp³-hybridized carbons (Fsp3) is 0.524. The Kier molecular flexibility index (Phi) is 5.36. The van der Waals surface area contributed by atoms with Crippen molar-refractivity contribution in [3.8, 4) is 0 Å². The maximum atomic E-state index is 13.0. The van der Waals surface area contributed by atoms with E-state index in [1.165, 1.54) is 28.2 Å². The van der Waals surface area contributed by atoms with E-state index >= 15 is 0 Å². The average molecular weight is 398 g/mol. The van der Waals surface area contributed by atoms with Crippen LogP contribution in [0.15, 0.2) is 29.3 Å². The first-order valence-corrected chi connectivity index (χ1v) is 10.4. The van der Waals surface area contributed by atoms with Gasteiger partial charge < -0.3 is 5.11 Å². The van der Waals surface area contributed by atoms with Crippen molar-refractivity contribution < 1.29 is 19.3 Å². The zero-order chi connectivity index (χ0) is 20.5. The van der Waals surface area contributed by atoms with Crippen LogP contribution in [-0.4, -0.2) is 82.5 Å². The number of imide groups is 1. The number of carbonyl (C=O) groups excluding carboxylic acids is 2. The zero-order valence-electron chi connectivity index (χ0n) is 17.0. The van der Waals surface area contributed by atoms with Crippen molar-refractivity contribution in [3.63, 3.8) is 0 Å². The summed E-state index contributed by atoms with van der Waals surface area (Å²) in [6, 6.07) is 7.57. The molecule has 1 aromatic carbocycles. The summed E-state index contributed by atoms with van der Waals surface area (Å²) in [7, 11) is 1.65. The van der Waals surface area contributed by atoms with Gasteiger partial charge in [-0.1, -0.05) is 30.5 Å². The molecule has 0 spiro atoms. The average Bonchev–Trinajstić information content (AvgIpc) is 3.30. The SMILES string of the molecule is CCCCc1ccc(N2CC[N+]3=C2N=C2C3C(=O)N(CCCO)C(=O)N2C)cc1. The number of amides is 3. The molecular formula is C21H28N5O3+. The topological polar surface area (TPSA) is 79.5 Å². The standard InChI is InChI=1S/C21H28N5O3/c1-3-4-6-15-7-9-16(10-8-15)24-12-13-25-17-18(22-20(24)25)23(2)21(29)26(19(17)28)11-5-14-27/h7-10,17,27H,3-6,11-14H2,1-2H3/q+1. The monoisotopic (exact) mass is 398 g/mol. The molecule has 3 amide bonds. The normalized spacial score (nSPS) is 21.1. The van der Waals surface area contributed by atoms with Crippen molar-refractivity contribution >= 4 is 29.4 Å². The number of nitrogens with zero attached hydrogens (tertiary/aromatic N) is 5. The van der Waals surface area contributed by atoms with Crippen molar-refractivity contribution in [1.82, 2.24) is 9.80 Å². The molecule has 3 aliphatic rings. The summed E-state index contributed by atoms with van der Waals surface area (Å²) in [6.07, 6.45) is 3.81. The first kappa shape index (κ1) is 19.6. The Morgan fingerprint density at radius 3 is 2.66 bits per heavy atom. The van der Waals surface area contributed by atoms with Crippen LogP contribution in [-0.2, 0) is 11.2 Å². The number of fused-ring (bicyclic) bond motifs is 2. The number of amidine groups is 1. The van der Waals surface area contributed by atoms with E-state index in [0.717, 1.165) is 24.6 Å². The van der Waals surface area contributed by atoms with Gasteiger partial charge in [-0.25, -0.2) is 14.3 Å². The Bertz CT molecular complexity index is 877. The fourth-order valence-electron chi connectivity index (χ4n) is 4.16. The van der Waals surface area contributed by atoms with E-state index in [4.69, 9.17) is 10.1 Å². The van der Waals surface area contributed by atoms with Crippen LogP contribution in [0, 0.1) is 0 Å². The van der Waals surface area contributed by atoms with Crippen LogP contribution in [0.1, 0.15) is 31.7 Å². The Labute approximate surface area is 170 Å². The number of benzene rings is 1. The number of aliphatic imine (C=N–C) groups is 1.